The Morgan fingerprint density at radius 2 is 1.84 bits per heavy atom. The van der Waals surface area contributed by atoms with Gasteiger partial charge in [-0.2, -0.15) is 13.2 Å². The summed E-state index contributed by atoms with van der Waals surface area (Å²) in [6.45, 7) is 0. The molecule has 3 aromatic rings. The molecule has 0 aliphatic heterocycles. The van der Waals surface area contributed by atoms with Gasteiger partial charge < -0.3 is 10.5 Å². The molecule has 7 nitrogen and oxygen atoms in total. The van der Waals surface area contributed by atoms with E-state index in [1.807, 2.05) is 0 Å². The normalized spacial score (nSPS) is 11.3. The van der Waals surface area contributed by atoms with Gasteiger partial charge in [0.15, 0.2) is 0 Å². The van der Waals surface area contributed by atoms with Crippen molar-refractivity contribution in [1.82, 2.24) is 10.1 Å². The molecule has 25 heavy (non-hydrogen) atoms. The number of alkyl halides is 3. The average Bonchev–Trinajstić information content (AvgIpc) is 2.54. The molecule has 3 rings (SSSR count). The fraction of sp³-hybridized carbons (Fsp3) is 0.0667. The fourth-order valence-electron chi connectivity index (χ4n) is 2.09. The van der Waals surface area contributed by atoms with Crippen LogP contribution in [-0.2, 0) is 6.18 Å². The van der Waals surface area contributed by atoms with Gasteiger partial charge in [-0.05, 0) is 29.1 Å². The quantitative estimate of drug-likeness (QED) is 0.549. The van der Waals surface area contributed by atoms with Crippen LogP contribution >= 0.6 is 0 Å². The fourth-order valence-corrected chi connectivity index (χ4v) is 2.09. The van der Waals surface area contributed by atoms with Gasteiger partial charge in [0.05, 0.1) is 10.7 Å². The zero-order valence-electron chi connectivity index (χ0n) is 12.4. The summed E-state index contributed by atoms with van der Waals surface area (Å²) >= 11 is 0. The maximum Gasteiger partial charge on any atom is 0.416 e. The first-order chi connectivity index (χ1) is 11.8. The Balaban J connectivity index is 1.77. The summed E-state index contributed by atoms with van der Waals surface area (Å²) in [7, 11) is 0. The van der Waals surface area contributed by atoms with Crippen LogP contribution in [-0.4, -0.2) is 16.1 Å². The number of halogens is 3. The van der Waals surface area contributed by atoms with Crippen LogP contribution in [0.15, 0.2) is 48.5 Å². The van der Waals surface area contributed by atoms with Crippen LogP contribution in [0.25, 0.3) is 11.0 Å². The Bertz CT molecular complexity index is 946. The lowest BCUT2D eigenvalue weighted by molar-refractivity contribution is -0.641. The number of fused-ring (bicyclic) bond motifs is 1. The minimum Gasteiger partial charge on any atom is -0.594 e. The molecule has 2 N–H and O–H groups in total. The van der Waals surface area contributed by atoms with Gasteiger partial charge in [-0.25, -0.2) is 9.78 Å². The van der Waals surface area contributed by atoms with Crippen LogP contribution in [0, 0.1) is 5.21 Å². The number of benzene rings is 2. The molecule has 128 valence electrons. The number of hydrogen-bond donors (Lipinski definition) is 2. The molecular formula is C15H10F3N5O2. The summed E-state index contributed by atoms with van der Waals surface area (Å²) in [5.74, 6) is -0.279. The van der Waals surface area contributed by atoms with Crippen molar-refractivity contribution in [3.05, 3.63) is 59.3 Å². The van der Waals surface area contributed by atoms with Crippen LogP contribution in [0.3, 0.4) is 0 Å². The largest absolute Gasteiger partial charge is 0.594 e. The van der Waals surface area contributed by atoms with E-state index >= 15 is 0 Å². The van der Waals surface area contributed by atoms with Gasteiger partial charge in [0.2, 0.25) is 0 Å². The molecule has 0 fully saturated rings. The zero-order valence-corrected chi connectivity index (χ0v) is 12.4. The summed E-state index contributed by atoms with van der Waals surface area (Å²) in [4.78, 5) is 16.2. The first-order valence-corrected chi connectivity index (χ1v) is 6.95. The predicted molar refractivity (Wildman–Crippen MR) is 82.6 cm³/mol. The Morgan fingerprint density at radius 1 is 1.08 bits per heavy atom. The van der Waals surface area contributed by atoms with E-state index in [1.54, 1.807) is 18.2 Å². The third-order valence-corrected chi connectivity index (χ3v) is 3.17. The highest BCUT2D eigenvalue weighted by Crippen LogP contribution is 2.30. The molecule has 0 saturated carbocycles. The highest BCUT2D eigenvalue weighted by molar-refractivity contribution is 5.98. The molecule has 2 aromatic carbocycles. The number of carbonyl (C=O) groups is 1. The molecule has 0 radical (unpaired) electrons. The molecule has 0 saturated heterocycles. The predicted octanol–water partition coefficient (Wildman–Crippen LogP) is 2.93. The molecule has 1 heterocycles. The number of nitrogens with one attached hydrogen (secondary N) is 2. The van der Waals surface area contributed by atoms with E-state index in [-0.39, 0.29) is 17.2 Å². The standard InChI is InChI=1S/C15H10F3N5O2/c16-15(17,18)9-4-3-5-10(8-9)19-14(24)21-13-20-11-6-1-2-7-12(11)23(25)22-13/h1-8H,(H2,19,20,21,22,24). The number of amides is 2. The van der Waals surface area contributed by atoms with E-state index in [0.717, 1.165) is 18.2 Å². The van der Waals surface area contributed by atoms with E-state index in [1.165, 1.54) is 12.1 Å². The van der Waals surface area contributed by atoms with Crippen LogP contribution in [0.5, 0.6) is 0 Å². The van der Waals surface area contributed by atoms with Crippen molar-refractivity contribution >= 4 is 28.7 Å². The third-order valence-electron chi connectivity index (χ3n) is 3.17. The molecule has 0 unspecified atom stereocenters. The summed E-state index contributed by atoms with van der Waals surface area (Å²) in [5, 5.41) is 19.7. The van der Waals surface area contributed by atoms with Crippen LogP contribution in [0.2, 0.25) is 0 Å². The summed E-state index contributed by atoms with van der Waals surface area (Å²) in [6.07, 6.45) is -4.52. The maximum atomic E-state index is 12.7. The van der Waals surface area contributed by atoms with Gasteiger partial charge in [0.25, 0.3) is 11.5 Å². The minimum atomic E-state index is -4.52. The molecule has 2 amide bonds. The Kier molecular flexibility index (Phi) is 4.09. The van der Waals surface area contributed by atoms with Crippen molar-refractivity contribution < 1.29 is 22.8 Å². The Hall–Kier alpha value is -3.43. The maximum absolute atomic E-state index is 12.7. The molecule has 0 atom stereocenters. The SMILES string of the molecule is O=C(Nc1cccc(C(F)(F)F)c1)Nc1nc2ccccc2[n+]([O-])n1. The molecule has 0 aliphatic carbocycles. The van der Waals surface area contributed by atoms with E-state index in [9.17, 15) is 23.2 Å². The van der Waals surface area contributed by atoms with Crippen LogP contribution in [0.4, 0.5) is 29.6 Å². The second-order valence-corrected chi connectivity index (χ2v) is 4.95. The van der Waals surface area contributed by atoms with E-state index in [4.69, 9.17) is 0 Å². The van der Waals surface area contributed by atoms with Crippen molar-refractivity contribution in [3.63, 3.8) is 0 Å². The number of anilines is 2. The van der Waals surface area contributed by atoms with Crippen molar-refractivity contribution in [2.75, 3.05) is 10.6 Å². The van der Waals surface area contributed by atoms with Gasteiger partial charge in [0.1, 0.15) is 5.52 Å². The number of para-hydroxylation sites is 2. The minimum absolute atomic E-state index is 0.0666. The first-order valence-electron chi connectivity index (χ1n) is 6.95. The molecule has 0 bridgehead atoms. The first kappa shape index (κ1) is 16.4. The molecule has 1 aromatic heterocycles. The lowest BCUT2D eigenvalue weighted by Gasteiger charge is -2.10. The van der Waals surface area contributed by atoms with E-state index < -0.39 is 17.8 Å². The average molecular weight is 349 g/mol. The number of hydrogen-bond acceptors (Lipinski definition) is 4. The van der Waals surface area contributed by atoms with Gasteiger partial charge in [0, 0.05) is 11.8 Å². The van der Waals surface area contributed by atoms with Gasteiger partial charge in [-0.15, -0.1) is 0 Å². The number of nitrogens with zero attached hydrogens (tertiary/aromatic N) is 3. The van der Waals surface area contributed by atoms with Gasteiger partial charge in [-0.1, -0.05) is 18.2 Å². The highest BCUT2D eigenvalue weighted by atomic mass is 19.4. The van der Waals surface area contributed by atoms with Crippen molar-refractivity contribution in [2.45, 2.75) is 6.18 Å². The lowest BCUT2D eigenvalue weighted by atomic mass is 10.2. The van der Waals surface area contributed by atoms with Gasteiger partial charge >= 0.3 is 12.2 Å². The van der Waals surface area contributed by atoms with Crippen LogP contribution < -0.4 is 15.5 Å². The van der Waals surface area contributed by atoms with E-state index in [2.05, 4.69) is 20.7 Å². The topological polar surface area (TPSA) is 93.9 Å². The smallest absolute Gasteiger partial charge is 0.416 e. The summed E-state index contributed by atoms with van der Waals surface area (Å²) < 4.78 is 38.0. The number of carbonyl (C=O) groups excluding carboxylic acids is 1. The summed E-state index contributed by atoms with van der Waals surface area (Å²) in [6, 6.07) is 9.60. The highest BCUT2D eigenvalue weighted by Gasteiger charge is 2.30. The third kappa shape index (κ3) is 3.74. The zero-order chi connectivity index (χ0) is 18.0. The van der Waals surface area contributed by atoms with Crippen molar-refractivity contribution in [3.8, 4) is 0 Å². The van der Waals surface area contributed by atoms with Gasteiger partial charge in [-0.3, -0.25) is 5.32 Å². The Labute approximate surface area is 138 Å². The monoisotopic (exact) mass is 349 g/mol. The summed E-state index contributed by atoms with van der Waals surface area (Å²) in [5.41, 5.74) is -0.444. The molecule has 0 aliphatic rings. The lowest BCUT2D eigenvalue weighted by Crippen LogP contribution is -2.34. The number of urea groups is 1. The van der Waals surface area contributed by atoms with E-state index in [0.29, 0.717) is 10.4 Å². The Morgan fingerprint density at radius 3 is 2.60 bits per heavy atom. The molecular weight excluding hydrogens is 339 g/mol. The van der Waals surface area contributed by atoms with Crippen LogP contribution in [0.1, 0.15) is 5.56 Å². The number of aromatic nitrogens is 3. The van der Waals surface area contributed by atoms with Crippen molar-refractivity contribution in [2.24, 2.45) is 0 Å². The van der Waals surface area contributed by atoms with Crippen molar-refractivity contribution in [1.29, 1.82) is 0 Å². The molecule has 0 spiro atoms. The second kappa shape index (κ2) is 6.23. The second-order valence-electron chi connectivity index (χ2n) is 4.95. The number of rotatable bonds is 2. The molecule has 10 heteroatoms.